The molecule has 1 aromatic heterocycles. The van der Waals surface area contributed by atoms with Gasteiger partial charge in [-0.25, -0.2) is 9.37 Å². The van der Waals surface area contributed by atoms with Gasteiger partial charge in [0.2, 0.25) is 0 Å². The number of nitrogens with one attached hydrogen (secondary N) is 1. The van der Waals surface area contributed by atoms with E-state index in [2.05, 4.69) is 10.3 Å². The molecule has 0 aliphatic carbocycles. The van der Waals surface area contributed by atoms with Crippen molar-refractivity contribution in [2.45, 2.75) is 12.2 Å². The number of imidazole rings is 1. The van der Waals surface area contributed by atoms with E-state index in [1.807, 2.05) is 0 Å². The van der Waals surface area contributed by atoms with Gasteiger partial charge in [-0.15, -0.1) is 12.4 Å². The number of rotatable bonds is 2. The third-order valence-corrected chi connectivity index (χ3v) is 4.18. The zero-order valence-electron chi connectivity index (χ0n) is 13.8. The molecule has 26 heavy (non-hydrogen) atoms. The van der Waals surface area contributed by atoms with Crippen LogP contribution in [0.4, 0.5) is 17.6 Å². The summed E-state index contributed by atoms with van der Waals surface area (Å²) in [6.07, 6.45) is -1.54. The van der Waals surface area contributed by atoms with E-state index in [1.165, 1.54) is 4.90 Å². The molecule has 2 aromatic rings. The minimum Gasteiger partial charge on any atom is -0.336 e. The van der Waals surface area contributed by atoms with Gasteiger partial charge in [0.25, 0.3) is 5.91 Å². The van der Waals surface area contributed by atoms with Gasteiger partial charge in [0, 0.05) is 44.6 Å². The first-order chi connectivity index (χ1) is 11.8. The van der Waals surface area contributed by atoms with Gasteiger partial charge < -0.3 is 14.8 Å². The molecule has 1 fully saturated rings. The van der Waals surface area contributed by atoms with Gasteiger partial charge in [-0.05, 0) is 18.2 Å². The molecule has 0 spiro atoms. The number of carbonyl (C=O) groups is 1. The smallest absolute Gasteiger partial charge is 0.336 e. The Morgan fingerprint density at radius 2 is 2.08 bits per heavy atom. The number of alkyl halides is 3. The standard InChI is InChI=1S/C16H16F4N4O.ClH/c1-23-6-5-22-14(23)13-9-21-4-7-24(13)15(25)10-2-3-12(17)11(8-10)16(18,19)20;/h2-3,5-6,8,13,21H,4,7,9H2,1H3;1H. The maximum absolute atomic E-state index is 13.5. The van der Waals surface area contributed by atoms with E-state index in [9.17, 15) is 22.4 Å². The van der Waals surface area contributed by atoms with Crippen molar-refractivity contribution < 1.29 is 22.4 Å². The van der Waals surface area contributed by atoms with Crippen LogP contribution in [0.25, 0.3) is 0 Å². The predicted octanol–water partition coefficient (Wildman–Crippen LogP) is 2.79. The van der Waals surface area contributed by atoms with Crippen molar-refractivity contribution in [1.82, 2.24) is 19.8 Å². The van der Waals surface area contributed by atoms with Crippen LogP contribution in [0.2, 0.25) is 0 Å². The fourth-order valence-electron chi connectivity index (χ4n) is 2.92. The Morgan fingerprint density at radius 3 is 2.69 bits per heavy atom. The highest BCUT2D eigenvalue weighted by molar-refractivity contribution is 5.94. The van der Waals surface area contributed by atoms with Crippen molar-refractivity contribution in [1.29, 1.82) is 0 Å². The zero-order valence-corrected chi connectivity index (χ0v) is 14.6. The molecule has 142 valence electrons. The lowest BCUT2D eigenvalue weighted by Gasteiger charge is -2.36. The van der Waals surface area contributed by atoms with Crippen molar-refractivity contribution >= 4 is 18.3 Å². The van der Waals surface area contributed by atoms with E-state index in [-0.39, 0.29) is 18.0 Å². The summed E-state index contributed by atoms with van der Waals surface area (Å²) in [6, 6.07) is 1.90. The first-order valence-electron chi connectivity index (χ1n) is 7.64. The lowest BCUT2D eigenvalue weighted by atomic mass is 10.1. The molecule has 1 atom stereocenters. The molecule has 1 aliphatic rings. The van der Waals surface area contributed by atoms with Gasteiger partial charge in [-0.2, -0.15) is 13.2 Å². The second kappa shape index (κ2) is 7.63. The maximum atomic E-state index is 13.5. The Hall–Kier alpha value is -2.13. The van der Waals surface area contributed by atoms with E-state index in [0.29, 0.717) is 37.6 Å². The summed E-state index contributed by atoms with van der Waals surface area (Å²) in [5, 5.41) is 3.14. The molecule has 0 radical (unpaired) electrons. The molecular weight excluding hydrogens is 376 g/mol. The number of carbonyl (C=O) groups excluding carboxylic acids is 1. The fourth-order valence-corrected chi connectivity index (χ4v) is 2.92. The summed E-state index contributed by atoms with van der Waals surface area (Å²) in [6.45, 7) is 1.26. The molecule has 1 unspecified atom stereocenters. The third-order valence-electron chi connectivity index (χ3n) is 4.18. The largest absolute Gasteiger partial charge is 0.419 e. The normalized spacial score (nSPS) is 17.7. The van der Waals surface area contributed by atoms with Gasteiger partial charge >= 0.3 is 6.18 Å². The molecule has 5 nitrogen and oxygen atoms in total. The van der Waals surface area contributed by atoms with Crippen LogP contribution >= 0.6 is 12.4 Å². The minimum absolute atomic E-state index is 0. The predicted molar refractivity (Wildman–Crippen MR) is 88.5 cm³/mol. The van der Waals surface area contributed by atoms with E-state index in [0.717, 1.165) is 6.07 Å². The highest BCUT2D eigenvalue weighted by Crippen LogP contribution is 2.32. The zero-order chi connectivity index (χ0) is 18.2. The quantitative estimate of drug-likeness (QED) is 0.800. The number of nitrogens with zero attached hydrogens (tertiary/aromatic N) is 3. The molecular formula is C16H17ClF4N4O. The lowest BCUT2D eigenvalue weighted by Crippen LogP contribution is -2.49. The van der Waals surface area contributed by atoms with E-state index in [4.69, 9.17) is 0 Å². The van der Waals surface area contributed by atoms with Crippen LogP contribution in [-0.4, -0.2) is 40.0 Å². The number of halogens is 5. The Morgan fingerprint density at radius 1 is 1.35 bits per heavy atom. The van der Waals surface area contributed by atoms with E-state index < -0.39 is 29.5 Å². The Bertz CT molecular complexity index is 793. The summed E-state index contributed by atoms with van der Waals surface area (Å²) in [5.74, 6) is -1.36. The second-order valence-electron chi connectivity index (χ2n) is 5.81. The van der Waals surface area contributed by atoms with Crippen LogP contribution in [0.3, 0.4) is 0 Å². The SMILES string of the molecule is Cl.Cn1ccnc1C1CNCCN1C(=O)c1ccc(F)c(C(F)(F)F)c1. The molecule has 1 aliphatic heterocycles. The lowest BCUT2D eigenvalue weighted by molar-refractivity contribution is -0.140. The average Bonchev–Trinajstić information content (AvgIpc) is 2.99. The average molecular weight is 393 g/mol. The topological polar surface area (TPSA) is 50.2 Å². The van der Waals surface area contributed by atoms with Crippen molar-refractivity contribution in [3.8, 4) is 0 Å². The first kappa shape index (κ1) is 20.2. The summed E-state index contributed by atoms with van der Waals surface area (Å²) in [4.78, 5) is 18.5. The van der Waals surface area contributed by atoms with Crippen molar-refractivity contribution in [2.75, 3.05) is 19.6 Å². The molecule has 1 amide bonds. The van der Waals surface area contributed by atoms with Gasteiger partial charge in [-0.1, -0.05) is 0 Å². The van der Waals surface area contributed by atoms with Gasteiger partial charge in [0.1, 0.15) is 17.7 Å². The molecule has 1 N–H and O–H groups in total. The van der Waals surface area contributed by atoms with Gasteiger partial charge in [-0.3, -0.25) is 4.79 Å². The Labute approximate surface area is 153 Å². The van der Waals surface area contributed by atoms with Gasteiger partial charge in [0.15, 0.2) is 0 Å². The number of benzene rings is 1. The van der Waals surface area contributed by atoms with E-state index >= 15 is 0 Å². The number of hydrogen-bond acceptors (Lipinski definition) is 3. The number of aromatic nitrogens is 2. The van der Waals surface area contributed by atoms with E-state index in [1.54, 1.807) is 24.0 Å². The van der Waals surface area contributed by atoms with Crippen LogP contribution in [0, 0.1) is 5.82 Å². The summed E-state index contributed by atoms with van der Waals surface area (Å²) < 4.78 is 53.9. The first-order valence-corrected chi connectivity index (χ1v) is 7.64. The highest BCUT2D eigenvalue weighted by atomic mass is 35.5. The van der Waals surface area contributed by atoms with Crippen LogP contribution in [-0.2, 0) is 13.2 Å². The maximum Gasteiger partial charge on any atom is 0.419 e. The second-order valence-corrected chi connectivity index (χ2v) is 5.81. The molecule has 1 saturated heterocycles. The number of piperazine rings is 1. The number of amides is 1. The van der Waals surface area contributed by atoms with Crippen molar-refractivity contribution in [3.05, 3.63) is 53.4 Å². The Balaban J connectivity index is 0.00000243. The van der Waals surface area contributed by atoms with Crippen LogP contribution in [0.5, 0.6) is 0 Å². The molecule has 0 bridgehead atoms. The van der Waals surface area contributed by atoms with Crippen molar-refractivity contribution in [3.63, 3.8) is 0 Å². The monoisotopic (exact) mass is 392 g/mol. The molecule has 10 heteroatoms. The summed E-state index contributed by atoms with van der Waals surface area (Å²) in [7, 11) is 1.78. The Kier molecular flexibility index (Phi) is 5.92. The molecule has 2 heterocycles. The van der Waals surface area contributed by atoms with Crippen molar-refractivity contribution in [2.24, 2.45) is 7.05 Å². The summed E-state index contributed by atoms with van der Waals surface area (Å²) >= 11 is 0. The summed E-state index contributed by atoms with van der Waals surface area (Å²) in [5.41, 5.74) is -1.64. The molecule has 3 rings (SSSR count). The molecule has 0 saturated carbocycles. The minimum atomic E-state index is -4.86. The number of hydrogen-bond donors (Lipinski definition) is 1. The molecule has 1 aromatic carbocycles. The van der Waals surface area contributed by atoms with Gasteiger partial charge in [0.05, 0.1) is 5.56 Å². The fraction of sp³-hybridized carbons (Fsp3) is 0.375. The van der Waals surface area contributed by atoms with Crippen LogP contribution in [0.1, 0.15) is 27.8 Å². The van der Waals surface area contributed by atoms with Crippen LogP contribution < -0.4 is 5.32 Å². The number of aryl methyl sites for hydroxylation is 1. The highest BCUT2D eigenvalue weighted by Gasteiger charge is 2.36. The third kappa shape index (κ3) is 3.83. The van der Waals surface area contributed by atoms with Crippen LogP contribution in [0.15, 0.2) is 30.6 Å².